The van der Waals surface area contributed by atoms with Gasteiger partial charge >= 0.3 is 18.2 Å². The van der Waals surface area contributed by atoms with Gasteiger partial charge in [-0.3, -0.25) is 4.90 Å². The van der Waals surface area contributed by atoms with Crippen LogP contribution < -0.4 is 5.32 Å². The molecule has 0 saturated heterocycles. The molecule has 0 unspecified atom stereocenters. The third-order valence-electron chi connectivity index (χ3n) is 5.45. The van der Waals surface area contributed by atoms with E-state index in [-0.39, 0.29) is 6.03 Å². The Kier molecular flexibility index (Phi) is 8.10. The summed E-state index contributed by atoms with van der Waals surface area (Å²) in [5.74, 6) is -1.75. The van der Waals surface area contributed by atoms with E-state index < -0.39 is 12.1 Å². The number of nitrogens with one attached hydrogen (secondary N) is 1. The molecule has 0 atom stereocenters. The van der Waals surface area contributed by atoms with Gasteiger partial charge in [-0.25, -0.2) is 14.6 Å². The van der Waals surface area contributed by atoms with Crippen molar-refractivity contribution in [3.05, 3.63) is 17.7 Å². The van der Waals surface area contributed by atoms with Crippen LogP contribution in [0.25, 0.3) is 0 Å². The van der Waals surface area contributed by atoms with Crippen LogP contribution in [0.2, 0.25) is 0 Å². The Balaban J connectivity index is 0.000000396. The minimum atomic E-state index is -5.08. The number of alkyl halides is 3. The highest BCUT2D eigenvalue weighted by atomic mass is 19.4. The number of urea groups is 1. The van der Waals surface area contributed by atoms with Crippen LogP contribution in [-0.4, -0.2) is 68.3 Å². The molecule has 2 heterocycles. The van der Waals surface area contributed by atoms with E-state index >= 15 is 0 Å². The van der Waals surface area contributed by atoms with Gasteiger partial charge in [0.1, 0.15) is 5.82 Å². The Bertz CT molecular complexity index is 729. The fourth-order valence-corrected chi connectivity index (χ4v) is 3.40. The molecule has 0 spiro atoms. The smallest absolute Gasteiger partial charge is 0.475 e. The summed E-state index contributed by atoms with van der Waals surface area (Å²) in [5, 5.41) is 10.3. The summed E-state index contributed by atoms with van der Waals surface area (Å²) in [4.78, 5) is 30.1. The molecule has 1 saturated carbocycles. The Morgan fingerprint density at radius 1 is 1.30 bits per heavy atom. The maximum absolute atomic E-state index is 12.4. The number of imidazole rings is 1. The maximum Gasteiger partial charge on any atom is 0.490 e. The van der Waals surface area contributed by atoms with E-state index in [1.54, 1.807) is 0 Å². The van der Waals surface area contributed by atoms with Gasteiger partial charge in [-0.05, 0) is 33.7 Å². The van der Waals surface area contributed by atoms with E-state index in [0.717, 1.165) is 38.3 Å². The zero-order chi connectivity index (χ0) is 22.5. The zero-order valence-electron chi connectivity index (χ0n) is 17.6. The molecular weight excluding hydrogens is 403 g/mol. The molecule has 1 aromatic rings. The Hall–Kier alpha value is -2.30. The molecule has 30 heavy (non-hydrogen) atoms. The van der Waals surface area contributed by atoms with E-state index in [0.29, 0.717) is 18.6 Å². The molecule has 1 fully saturated rings. The van der Waals surface area contributed by atoms with Gasteiger partial charge in [-0.1, -0.05) is 12.8 Å². The number of halogens is 3. The minimum absolute atomic E-state index is 0.0759. The van der Waals surface area contributed by atoms with Crippen LogP contribution >= 0.6 is 0 Å². The van der Waals surface area contributed by atoms with Crippen molar-refractivity contribution in [2.24, 2.45) is 0 Å². The van der Waals surface area contributed by atoms with Gasteiger partial charge in [0.05, 0.1) is 12.2 Å². The Morgan fingerprint density at radius 2 is 1.90 bits per heavy atom. The molecule has 2 N–H and O–H groups in total. The van der Waals surface area contributed by atoms with Gasteiger partial charge in [0.25, 0.3) is 0 Å². The van der Waals surface area contributed by atoms with Crippen molar-refractivity contribution in [1.82, 2.24) is 24.7 Å². The quantitative estimate of drug-likeness (QED) is 0.762. The number of nitrogens with zero attached hydrogens (tertiary/aromatic N) is 4. The molecule has 0 aromatic carbocycles. The van der Waals surface area contributed by atoms with Gasteiger partial charge in [-0.15, -0.1) is 0 Å². The van der Waals surface area contributed by atoms with Crippen molar-refractivity contribution in [2.45, 2.75) is 77.4 Å². The lowest BCUT2D eigenvalue weighted by Crippen LogP contribution is -2.47. The van der Waals surface area contributed by atoms with Gasteiger partial charge in [0.2, 0.25) is 0 Å². The number of carbonyl (C=O) groups excluding carboxylic acids is 1. The number of carboxylic acid groups (broad SMARTS) is 1. The Labute approximate surface area is 174 Å². The number of hydrogen-bond acceptors (Lipinski definition) is 4. The molecule has 3 rings (SSSR count). The predicted octanol–water partition coefficient (Wildman–Crippen LogP) is 2.82. The SMILES string of the molecule is CC(C)N(C)Cc1cnc2n1CCN(C(=O)NC1CCCC1)C2.O=C(O)C(F)(F)F. The van der Waals surface area contributed by atoms with Crippen molar-refractivity contribution >= 4 is 12.0 Å². The molecular formula is C19H30F3N5O3. The number of aliphatic carboxylic acids is 1. The van der Waals surface area contributed by atoms with E-state index in [2.05, 4.69) is 40.7 Å². The van der Waals surface area contributed by atoms with Crippen molar-refractivity contribution in [3.8, 4) is 0 Å². The van der Waals surface area contributed by atoms with Crippen molar-refractivity contribution in [1.29, 1.82) is 0 Å². The molecule has 1 aliphatic carbocycles. The topological polar surface area (TPSA) is 90.7 Å². The predicted molar refractivity (Wildman–Crippen MR) is 104 cm³/mol. The molecule has 1 aliphatic heterocycles. The van der Waals surface area contributed by atoms with Gasteiger partial charge in [-0.2, -0.15) is 13.2 Å². The van der Waals surface area contributed by atoms with Crippen LogP contribution in [0, 0.1) is 0 Å². The number of hydrogen-bond donors (Lipinski definition) is 2. The second-order valence-corrected chi connectivity index (χ2v) is 7.98. The third kappa shape index (κ3) is 6.61. The second-order valence-electron chi connectivity index (χ2n) is 7.98. The summed E-state index contributed by atoms with van der Waals surface area (Å²) >= 11 is 0. The molecule has 2 aliphatic rings. The molecule has 11 heteroatoms. The molecule has 1 aromatic heterocycles. The summed E-state index contributed by atoms with van der Waals surface area (Å²) in [6.07, 6.45) is 1.61. The third-order valence-corrected chi connectivity index (χ3v) is 5.45. The fourth-order valence-electron chi connectivity index (χ4n) is 3.40. The first-order valence-corrected chi connectivity index (χ1v) is 10.1. The molecule has 2 amide bonds. The summed E-state index contributed by atoms with van der Waals surface area (Å²) in [7, 11) is 2.13. The van der Waals surface area contributed by atoms with Crippen LogP contribution in [0.5, 0.6) is 0 Å². The van der Waals surface area contributed by atoms with Crippen molar-refractivity contribution < 1.29 is 27.9 Å². The normalized spacial score (nSPS) is 17.0. The summed E-state index contributed by atoms with van der Waals surface area (Å²) in [6.45, 7) is 7.52. The largest absolute Gasteiger partial charge is 0.490 e. The van der Waals surface area contributed by atoms with Gasteiger partial charge in [0, 0.05) is 37.9 Å². The number of aromatic nitrogens is 2. The van der Waals surface area contributed by atoms with Crippen LogP contribution in [0.4, 0.5) is 18.0 Å². The van der Waals surface area contributed by atoms with Gasteiger partial charge < -0.3 is 19.9 Å². The summed E-state index contributed by atoms with van der Waals surface area (Å²) in [6, 6.07) is 0.963. The average Bonchev–Trinajstić information content (AvgIpc) is 3.31. The van der Waals surface area contributed by atoms with E-state index in [9.17, 15) is 18.0 Å². The average molecular weight is 433 g/mol. The van der Waals surface area contributed by atoms with Crippen LogP contribution in [-0.2, 0) is 24.4 Å². The lowest BCUT2D eigenvalue weighted by molar-refractivity contribution is -0.192. The first-order valence-electron chi connectivity index (χ1n) is 10.1. The number of carbonyl (C=O) groups is 2. The highest BCUT2D eigenvalue weighted by molar-refractivity contribution is 5.74. The standard InChI is InChI=1S/C17H29N5O.C2HF3O2/c1-13(2)20(3)11-15-10-18-16-12-21(8-9-22(15)16)17(23)19-14-6-4-5-7-14;3-2(4,5)1(6)7/h10,13-14H,4-9,11-12H2,1-3H3,(H,19,23);(H,6,7). The van der Waals surface area contributed by atoms with E-state index in [1.807, 2.05) is 11.1 Å². The minimum Gasteiger partial charge on any atom is -0.475 e. The van der Waals surface area contributed by atoms with Gasteiger partial charge in [0.15, 0.2) is 0 Å². The number of fused-ring (bicyclic) bond motifs is 1. The van der Waals surface area contributed by atoms with Crippen molar-refractivity contribution in [3.63, 3.8) is 0 Å². The van der Waals surface area contributed by atoms with E-state index in [4.69, 9.17) is 9.90 Å². The second kappa shape index (κ2) is 10.1. The molecule has 0 bridgehead atoms. The van der Waals surface area contributed by atoms with Crippen LogP contribution in [0.1, 0.15) is 51.0 Å². The van der Waals surface area contributed by atoms with Crippen LogP contribution in [0.15, 0.2) is 6.20 Å². The maximum atomic E-state index is 12.4. The van der Waals surface area contributed by atoms with E-state index in [1.165, 1.54) is 18.5 Å². The first-order chi connectivity index (χ1) is 14.0. The van der Waals surface area contributed by atoms with Crippen LogP contribution in [0.3, 0.4) is 0 Å². The number of carboxylic acids is 1. The summed E-state index contributed by atoms with van der Waals surface area (Å²) in [5.41, 5.74) is 1.24. The first kappa shape index (κ1) is 24.0. The molecule has 170 valence electrons. The number of amides is 2. The van der Waals surface area contributed by atoms with Crippen molar-refractivity contribution in [2.75, 3.05) is 13.6 Å². The molecule has 8 nitrogen and oxygen atoms in total. The highest BCUT2D eigenvalue weighted by Crippen LogP contribution is 2.20. The highest BCUT2D eigenvalue weighted by Gasteiger charge is 2.38. The zero-order valence-corrected chi connectivity index (χ0v) is 17.6. The number of rotatable bonds is 4. The Morgan fingerprint density at radius 3 is 2.43 bits per heavy atom. The molecule has 0 radical (unpaired) electrons. The summed E-state index contributed by atoms with van der Waals surface area (Å²) < 4.78 is 34.0. The lowest BCUT2D eigenvalue weighted by atomic mass is 10.2. The lowest BCUT2D eigenvalue weighted by Gasteiger charge is -2.30. The monoisotopic (exact) mass is 433 g/mol. The fraction of sp³-hybridized carbons (Fsp3) is 0.737.